The molecule has 0 amide bonds. The summed E-state index contributed by atoms with van der Waals surface area (Å²) < 4.78 is 5.92. The molecule has 0 saturated heterocycles. The molecule has 2 atom stereocenters. The summed E-state index contributed by atoms with van der Waals surface area (Å²) in [7, 11) is 0. The summed E-state index contributed by atoms with van der Waals surface area (Å²) in [6.07, 6.45) is 3.41. The number of hydrogen-bond acceptors (Lipinski definition) is 2. The van der Waals surface area contributed by atoms with Crippen molar-refractivity contribution in [1.82, 2.24) is 0 Å². The zero-order chi connectivity index (χ0) is 13.2. The van der Waals surface area contributed by atoms with E-state index in [0.717, 1.165) is 24.8 Å². The molecule has 0 aromatic heterocycles. The molecule has 2 unspecified atom stereocenters. The van der Waals surface area contributed by atoms with Gasteiger partial charge >= 0.3 is 5.97 Å². The van der Waals surface area contributed by atoms with Crippen LogP contribution in [0.1, 0.15) is 50.3 Å². The second kappa shape index (κ2) is 5.11. The highest BCUT2D eigenvalue weighted by molar-refractivity contribution is 5.76. The van der Waals surface area contributed by atoms with Gasteiger partial charge in [0.2, 0.25) is 0 Å². The lowest BCUT2D eigenvalue weighted by Crippen LogP contribution is -2.39. The van der Waals surface area contributed by atoms with Crippen LogP contribution >= 0.6 is 0 Å². The monoisotopic (exact) mass is 248 g/mol. The summed E-state index contributed by atoms with van der Waals surface area (Å²) in [6, 6.07) is 8.17. The highest BCUT2D eigenvalue weighted by atomic mass is 16.5. The summed E-state index contributed by atoms with van der Waals surface area (Å²) >= 11 is 0. The van der Waals surface area contributed by atoms with Crippen molar-refractivity contribution in [1.29, 1.82) is 0 Å². The van der Waals surface area contributed by atoms with Gasteiger partial charge in [0.1, 0.15) is 0 Å². The van der Waals surface area contributed by atoms with Crippen molar-refractivity contribution in [3.05, 3.63) is 35.4 Å². The lowest BCUT2D eigenvalue weighted by atomic mass is 9.88. The number of aliphatic carboxylic acids is 1. The minimum Gasteiger partial charge on any atom is -0.479 e. The van der Waals surface area contributed by atoms with E-state index >= 15 is 0 Å². The first kappa shape index (κ1) is 13.1. The Hall–Kier alpha value is -1.35. The highest BCUT2D eigenvalue weighted by Gasteiger charge is 2.36. The number of benzene rings is 1. The number of carboxylic acid groups (broad SMARTS) is 1. The molecule has 0 radical (unpaired) electrons. The van der Waals surface area contributed by atoms with Gasteiger partial charge in [0.15, 0.2) is 5.60 Å². The van der Waals surface area contributed by atoms with E-state index in [1.165, 1.54) is 5.56 Å². The third-order valence-corrected chi connectivity index (χ3v) is 3.84. The van der Waals surface area contributed by atoms with Crippen LogP contribution in [0.25, 0.3) is 0 Å². The predicted octanol–water partition coefficient (Wildman–Crippen LogP) is 3.33. The van der Waals surface area contributed by atoms with Crippen LogP contribution in [0.3, 0.4) is 0 Å². The van der Waals surface area contributed by atoms with E-state index < -0.39 is 11.6 Å². The van der Waals surface area contributed by atoms with Gasteiger partial charge in [0, 0.05) is 0 Å². The van der Waals surface area contributed by atoms with Crippen LogP contribution in [-0.2, 0) is 16.0 Å². The van der Waals surface area contributed by atoms with Gasteiger partial charge in [-0.1, -0.05) is 31.2 Å². The zero-order valence-corrected chi connectivity index (χ0v) is 11.0. The molecule has 3 heteroatoms. The molecule has 1 aliphatic rings. The molecular weight excluding hydrogens is 228 g/mol. The molecule has 3 nitrogen and oxygen atoms in total. The Labute approximate surface area is 108 Å². The molecule has 0 spiro atoms. The summed E-state index contributed by atoms with van der Waals surface area (Å²) in [5.41, 5.74) is 1.36. The van der Waals surface area contributed by atoms with Crippen molar-refractivity contribution >= 4 is 5.97 Å². The van der Waals surface area contributed by atoms with Crippen molar-refractivity contribution in [2.24, 2.45) is 0 Å². The van der Waals surface area contributed by atoms with Crippen LogP contribution < -0.4 is 0 Å². The summed E-state index contributed by atoms with van der Waals surface area (Å²) in [6.45, 7) is 3.51. The largest absolute Gasteiger partial charge is 0.479 e. The molecule has 1 aliphatic carbocycles. The topological polar surface area (TPSA) is 46.5 Å². The van der Waals surface area contributed by atoms with E-state index in [1.54, 1.807) is 6.92 Å². The molecule has 18 heavy (non-hydrogen) atoms. The first-order chi connectivity index (χ1) is 8.57. The Morgan fingerprint density at radius 2 is 2.22 bits per heavy atom. The van der Waals surface area contributed by atoms with E-state index in [1.807, 2.05) is 19.1 Å². The molecular formula is C15H20O3. The summed E-state index contributed by atoms with van der Waals surface area (Å²) in [4.78, 5) is 11.3. The maximum atomic E-state index is 11.3. The Balaban J connectivity index is 2.23. The minimum absolute atomic E-state index is 0.0870. The van der Waals surface area contributed by atoms with Gasteiger partial charge in [-0.2, -0.15) is 0 Å². The maximum absolute atomic E-state index is 11.3. The second-order valence-corrected chi connectivity index (χ2v) is 5.09. The van der Waals surface area contributed by atoms with E-state index in [9.17, 15) is 9.90 Å². The van der Waals surface area contributed by atoms with Gasteiger partial charge in [0.05, 0.1) is 6.10 Å². The number of hydrogen-bond donors (Lipinski definition) is 1. The van der Waals surface area contributed by atoms with E-state index in [2.05, 4.69) is 12.1 Å². The third-order valence-electron chi connectivity index (χ3n) is 3.84. The van der Waals surface area contributed by atoms with Gasteiger partial charge < -0.3 is 9.84 Å². The molecule has 0 bridgehead atoms. The maximum Gasteiger partial charge on any atom is 0.335 e. The molecule has 98 valence electrons. The fraction of sp³-hybridized carbons (Fsp3) is 0.533. The quantitative estimate of drug-likeness (QED) is 0.889. The summed E-state index contributed by atoms with van der Waals surface area (Å²) in [5.74, 6) is -0.881. The molecule has 0 heterocycles. The van der Waals surface area contributed by atoms with E-state index in [-0.39, 0.29) is 6.10 Å². The Morgan fingerprint density at radius 1 is 1.50 bits per heavy atom. The van der Waals surface area contributed by atoms with Gasteiger partial charge in [-0.25, -0.2) is 4.79 Å². The lowest BCUT2D eigenvalue weighted by Gasteiger charge is -2.33. The fourth-order valence-electron chi connectivity index (χ4n) is 2.43. The van der Waals surface area contributed by atoms with E-state index in [4.69, 9.17) is 4.74 Å². The van der Waals surface area contributed by atoms with Gasteiger partial charge in [-0.05, 0) is 43.7 Å². The Bertz CT molecular complexity index is 441. The van der Waals surface area contributed by atoms with Crippen molar-refractivity contribution in [3.63, 3.8) is 0 Å². The zero-order valence-electron chi connectivity index (χ0n) is 11.0. The predicted molar refractivity (Wildman–Crippen MR) is 69.5 cm³/mol. The third kappa shape index (κ3) is 2.41. The van der Waals surface area contributed by atoms with E-state index in [0.29, 0.717) is 6.42 Å². The lowest BCUT2D eigenvalue weighted by molar-refractivity contribution is -0.173. The van der Waals surface area contributed by atoms with Crippen LogP contribution in [0, 0.1) is 0 Å². The molecule has 1 N–H and O–H groups in total. The number of fused-ring (bicyclic) bond motifs is 1. The van der Waals surface area contributed by atoms with Crippen molar-refractivity contribution in [2.45, 2.75) is 51.2 Å². The average molecular weight is 248 g/mol. The van der Waals surface area contributed by atoms with Crippen LogP contribution in [0.5, 0.6) is 0 Å². The van der Waals surface area contributed by atoms with Crippen molar-refractivity contribution < 1.29 is 14.6 Å². The van der Waals surface area contributed by atoms with Crippen LogP contribution in [-0.4, -0.2) is 16.7 Å². The summed E-state index contributed by atoms with van der Waals surface area (Å²) in [5, 5.41) is 9.29. The number of ether oxygens (including phenoxy) is 1. The van der Waals surface area contributed by atoms with Crippen molar-refractivity contribution in [2.75, 3.05) is 0 Å². The van der Waals surface area contributed by atoms with Crippen LogP contribution in [0.2, 0.25) is 0 Å². The molecule has 0 aliphatic heterocycles. The number of rotatable bonds is 4. The number of aryl methyl sites for hydroxylation is 1. The minimum atomic E-state index is -1.09. The first-order valence-electron chi connectivity index (χ1n) is 6.56. The normalized spacial score (nSPS) is 22.0. The SMILES string of the molecule is CCC(C)(OC1CCCc2ccccc21)C(=O)O. The van der Waals surface area contributed by atoms with Crippen LogP contribution in [0.4, 0.5) is 0 Å². The standard InChI is InChI=1S/C15H20O3/c1-3-15(2,14(16)17)18-13-10-6-8-11-7-4-5-9-12(11)13/h4-5,7,9,13H,3,6,8,10H2,1-2H3,(H,16,17). The van der Waals surface area contributed by atoms with Gasteiger partial charge in [-0.3, -0.25) is 0 Å². The molecule has 0 saturated carbocycles. The number of carboxylic acids is 1. The number of carbonyl (C=O) groups is 1. The van der Waals surface area contributed by atoms with Crippen molar-refractivity contribution in [3.8, 4) is 0 Å². The highest BCUT2D eigenvalue weighted by Crippen LogP contribution is 2.36. The average Bonchev–Trinajstić information content (AvgIpc) is 2.39. The first-order valence-corrected chi connectivity index (χ1v) is 6.56. The molecule has 1 aromatic rings. The van der Waals surface area contributed by atoms with Gasteiger partial charge in [0.25, 0.3) is 0 Å². The van der Waals surface area contributed by atoms with Crippen LogP contribution in [0.15, 0.2) is 24.3 Å². The second-order valence-electron chi connectivity index (χ2n) is 5.09. The Morgan fingerprint density at radius 3 is 2.89 bits per heavy atom. The molecule has 1 aromatic carbocycles. The smallest absolute Gasteiger partial charge is 0.335 e. The van der Waals surface area contributed by atoms with Gasteiger partial charge in [-0.15, -0.1) is 0 Å². The molecule has 2 rings (SSSR count). The Kier molecular flexibility index (Phi) is 3.71. The fourth-order valence-corrected chi connectivity index (χ4v) is 2.43. The molecule has 0 fully saturated rings.